The van der Waals surface area contributed by atoms with E-state index in [2.05, 4.69) is 24.1 Å². The number of rotatable bonds is 10. The highest BCUT2D eigenvalue weighted by Crippen LogP contribution is 2.40. The van der Waals surface area contributed by atoms with Crippen molar-refractivity contribution < 1.29 is 14.6 Å². The van der Waals surface area contributed by atoms with E-state index in [0.29, 0.717) is 6.54 Å². The standard InChI is InChI=1S/C16H30N2O3/c1-3-9-17-16(15(19)20,13-7-8-13)12-18(4-2)11-14-6-5-10-21-14/h13-14,17H,3-12H2,1-2H3,(H,19,20). The Morgan fingerprint density at radius 1 is 1.38 bits per heavy atom. The predicted molar refractivity (Wildman–Crippen MR) is 82.5 cm³/mol. The molecule has 1 heterocycles. The minimum Gasteiger partial charge on any atom is -0.480 e. The van der Waals surface area contributed by atoms with Crippen LogP contribution in [0.5, 0.6) is 0 Å². The highest BCUT2D eigenvalue weighted by atomic mass is 16.5. The van der Waals surface area contributed by atoms with Crippen molar-refractivity contribution in [3.63, 3.8) is 0 Å². The highest BCUT2D eigenvalue weighted by molar-refractivity contribution is 5.80. The van der Waals surface area contributed by atoms with Crippen molar-refractivity contribution in [2.45, 2.75) is 57.6 Å². The zero-order chi connectivity index (χ0) is 15.3. The van der Waals surface area contributed by atoms with Crippen molar-refractivity contribution >= 4 is 5.97 Å². The van der Waals surface area contributed by atoms with Gasteiger partial charge < -0.3 is 15.2 Å². The number of nitrogens with zero attached hydrogens (tertiary/aromatic N) is 1. The second kappa shape index (κ2) is 7.56. The average Bonchev–Trinajstić information content (AvgIpc) is 3.20. The van der Waals surface area contributed by atoms with Gasteiger partial charge >= 0.3 is 5.97 Å². The van der Waals surface area contributed by atoms with Crippen molar-refractivity contribution in [2.24, 2.45) is 5.92 Å². The first kappa shape index (κ1) is 16.7. The Morgan fingerprint density at radius 2 is 2.14 bits per heavy atom. The van der Waals surface area contributed by atoms with Crippen molar-refractivity contribution in [3.05, 3.63) is 0 Å². The van der Waals surface area contributed by atoms with Gasteiger partial charge in [0.05, 0.1) is 6.10 Å². The molecule has 2 rings (SSSR count). The maximum Gasteiger partial charge on any atom is 0.325 e. The molecule has 122 valence electrons. The fraction of sp³-hybridized carbons (Fsp3) is 0.938. The van der Waals surface area contributed by atoms with Gasteiger partial charge in [0.1, 0.15) is 5.54 Å². The molecule has 2 unspecified atom stereocenters. The molecule has 2 aliphatic rings. The topological polar surface area (TPSA) is 61.8 Å². The normalized spacial score (nSPS) is 25.2. The van der Waals surface area contributed by atoms with Gasteiger partial charge in [0.25, 0.3) is 0 Å². The van der Waals surface area contributed by atoms with Gasteiger partial charge in [0.2, 0.25) is 0 Å². The molecule has 1 aliphatic carbocycles. The summed E-state index contributed by atoms with van der Waals surface area (Å²) in [6.07, 6.45) is 5.52. The molecule has 21 heavy (non-hydrogen) atoms. The smallest absolute Gasteiger partial charge is 0.325 e. The third-order valence-electron chi connectivity index (χ3n) is 4.75. The number of carboxylic acid groups (broad SMARTS) is 1. The van der Waals surface area contributed by atoms with Crippen LogP contribution in [0.3, 0.4) is 0 Å². The van der Waals surface area contributed by atoms with Crippen molar-refractivity contribution in [3.8, 4) is 0 Å². The van der Waals surface area contributed by atoms with Crippen molar-refractivity contribution in [2.75, 3.05) is 32.8 Å². The number of hydrogen-bond acceptors (Lipinski definition) is 4. The maximum absolute atomic E-state index is 12.0. The monoisotopic (exact) mass is 298 g/mol. The molecule has 0 bridgehead atoms. The summed E-state index contributed by atoms with van der Waals surface area (Å²) in [7, 11) is 0. The molecule has 2 atom stereocenters. The molecule has 1 saturated heterocycles. The summed E-state index contributed by atoms with van der Waals surface area (Å²) in [5, 5.41) is 13.2. The van der Waals surface area contributed by atoms with E-state index in [0.717, 1.165) is 58.3 Å². The van der Waals surface area contributed by atoms with Crippen LogP contribution in [0.4, 0.5) is 0 Å². The molecule has 2 fully saturated rings. The highest BCUT2D eigenvalue weighted by Gasteiger charge is 2.51. The first-order valence-electron chi connectivity index (χ1n) is 8.44. The first-order valence-corrected chi connectivity index (χ1v) is 8.44. The third-order valence-corrected chi connectivity index (χ3v) is 4.75. The van der Waals surface area contributed by atoms with E-state index in [1.807, 2.05) is 0 Å². The van der Waals surface area contributed by atoms with Gasteiger partial charge in [0.15, 0.2) is 0 Å². The zero-order valence-corrected chi connectivity index (χ0v) is 13.4. The third kappa shape index (κ3) is 4.18. The van der Waals surface area contributed by atoms with Gasteiger partial charge in [0, 0.05) is 19.7 Å². The Hall–Kier alpha value is -0.650. The van der Waals surface area contributed by atoms with E-state index in [1.54, 1.807) is 0 Å². The Morgan fingerprint density at radius 3 is 2.62 bits per heavy atom. The van der Waals surface area contributed by atoms with Crippen LogP contribution in [0.1, 0.15) is 46.0 Å². The predicted octanol–water partition coefficient (Wildman–Crippen LogP) is 1.72. The molecule has 5 heteroatoms. The van der Waals surface area contributed by atoms with Crippen LogP contribution >= 0.6 is 0 Å². The van der Waals surface area contributed by atoms with Crippen LogP contribution in [0.2, 0.25) is 0 Å². The molecule has 0 aromatic rings. The summed E-state index contributed by atoms with van der Waals surface area (Å²) >= 11 is 0. The maximum atomic E-state index is 12.0. The number of carbonyl (C=O) groups is 1. The van der Waals surface area contributed by atoms with Crippen LogP contribution in [-0.2, 0) is 9.53 Å². The largest absolute Gasteiger partial charge is 0.480 e. The van der Waals surface area contributed by atoms with Gasteiger partial charge in [-0.15, -0.1) is 0 Å². The second-order valence-corrected chi connectivity index (χ2v) is 6.44. The SMILES string of the molecule is CCCNC(CN(CC)CC1CCCO1)(C(=O)O)C1CC1. The average molecular weight is 298 g/mol. The van der Waals surface area contributed by atoms with E-state index >= 15 is 0 Å². The molecule has 0 amide bonds. The molecule has 0 radical (unpaired) electrons. The van der Waals surface area contributed by atoms with Gasteiger partial charge in [-0.25, -0.2) is 0 Å². The Balaban J connectivity index is 2.02. The van der Waals surface area contributed by atoms with Crippen molar-refractivity contribution in [1.82, 2.24) is 10.2 Å². The van der Waals surface area contributed by atoms with E-state index in [4.69, 9.17) is 4.74 Å². The van der Waals surface area contributed by atoms with Crippen LogP contribution in [0.15, 0.2) is 0 Å². The summed E-state index contributed by atoms with van der Waals surface area (Å²) in [6.45, 7) is 8.11. The quantitative estimate of drug-likeness (QED) is 0.643. The number of ether oxygens (including phenoxy) is 1. The van der Waals surface area contributed by atoms with Gasteiger partial charge in [-0.1, -0.05) is 13.8 Å². The lowest BCUT2D eigenvalue weighted by atomic mass is 9.91. The minimum absolute atomic E-state index is 0.278. The van der Waals surface area contributed by atoms with Gasteiger partial charge in [-0.3, -0.25) is 9.69 Å². The first-order chi connectivity index (χ1) is 10.1. The summed E-state index contributed by atoms with van der Waals surface area (Å²) in [5.41, 5.74) is -0.773. The number of nitrogens with one attached hydrogen (secondary N) is 1. The van der Waals surface area contributed by atoms with E-state index in [1.165, 1.54) is 0 Å². The number of likely N-dealkylation sites (N-methyl/N-ethyl adjacent to an activating group) is 1. The molecule has 0 aromatic heterocycles. The Kier molecular flexibility index (Phi) is 6.02. The minimum atomic E-state index is -0.773. The van der Waals surface area contributed by atoms with Crippen LogP contribution in [0.25, 0.3) is 0 Å². The summed E-state index contributed by atoms with van der Waals surface area (Å²) < 4.78 is 5.71. The van der Waals surface area contributed by atoms with Crippen LogP contribution in [0, 0.1) is 5.92 Å². The number of carboxylic acids is 1. The number of hydrogen-bond donors (Lipinski definition) is 2. The molecule has 0 aromatic carbocycles. The van der Waals surface area contributed by atoms with E-state index in [9.17, 15) is 9.90 Å². The van der Waals surface area contributed by atoms with Gasteiger partial charge in [-0.2, -0.15) is 0 Å². The zero-order valence-electron chi connectivity index (χ0n) is 13.4. The fourth-order valence-corrected chi connectivity index (χ4v) is 3.31. The lowest BCUT2D eigenvalue weighted by Crippen LogP contribution is -2.61. The molecule has 2 N–H and O–H groups in total. The summed E-state index contributed by atoms with van der Waals surface area (Å²) in [6, 6.07) is 0. The van der Waals surface area contributed by atoms with E-state index in [-0.39, 0.29) is 12.0 Å². The lowest BCUT2D eigenvalue weighted by molar-refractivity contribution is -0.147. The Labute approximate surface area is 128 Å². The van der Waals surface area contributed by atoms with Crippen LogP contribution < -0.4 is 5.32 Å². The summed E-state index contributed by atoms with van der Waals surface area (Å²) in [4.78, 5) is 14.2. The fourth-order valence-electron chi connectivity index (χ4n) is 3.31. The molecular formula is C16H30N2O3. The molecule has 0 spiro atoms. The molecule has 1 aliphatic heterocycles. The second-order valence-electron chi connectivity index (χ2n) is 6.44. The molecule has 1 saturated carbocycles. The number of aliphatic carboxylic acids is 1. The van der Waals surface area contributed by atoms with Crippen LogP contribution in [-0.4, -0.2) is 60.4 Å². The van der Waals surface area contributed by atoms with Gasteiger partial charge in [-0.05, 0) is 51.1 Å². The lowest BCUT2D eigenvalue weighted by Gasteiger charge is -2.36. The van der Waals surface area contributed by atoms with E-state index < -0.39 is 11.5 Å². The molecule has 5 nitrogen and oxygen atoms in total. The Bertz CT molecular complexity index is 340. The molecular weight excluding hydrogens is 268 g/mol. The van der Waals surface area contributed by atoms with Crippen molar-refractivity contribution in [1.29, 1.82) is 0 Å². The summed E-state index contributed by atoms with van der Waals surface area (Å²) in [5.74, 6) is -0.413.